The van der Waals surface area contributed by atoms with Gasteiger partial charge in [0.1, 0.15) is 19.8 Å². The number of methoxy groups -OCH3 is 1. The maximum absolute atomic E-state index is 12.1. The van der Waals surface area contributed by atoms with E-state index in [4.69, 9.17) is 9.47 Å². The molecule has 1 aliphatic heterocycles. The molecule has 126 valence electrons. The van der Waals surface area contributed by atoms with E-state index in [0.717, 1.165) is 0 Å². The molecular weight excluding hydrogens is 298 g/mol. The lowest BCUT2D eigenvalue weighted by Crippen LogP contribution is -2.57. The van der Waals surface area contributed by atoms with E-state index in [-0.39, 0.29) is 6.54 Å². The standard InChI is InChI=1S/C16H29NO4Si/c1-15(2,3)21-14(19)17-10-8-16(20-4,13(18)12-17)9-11-22(5,6)7/h13,18H,8,10,12H2,1-7H3/t13-,16+/m1/s1. The summed E-state index contributed by atoms with van der Waals surface area (Å²) in [4.78, 5) is 13.6. The lowest BCUT2D eigenvalue weighted by Gasteiger charge is -2.41. The molecule has 1 heterocycles. The Morgan fingerprint density at radius 2 is 1.95 bits per heavy atom. The zero-order valence-corrected chi connectivity index (χ0v) is 15.8. The third-order valence-electron chi connectivity index (χ3n) is 3.35. The highest BCUT2D eigenvalue weighted by Gasteiger charge is 2.43. The maximum Gasteiger partial charge on any atom is 0.410 e. The van der Waals surface area contributed by atoms with Gasteiger partial charge in [-0.05, 0) is 20.8 Å². The zero-order valence-electron chi connectivity index (χ0n) is 14.8. The van der Waals surface area contributed by atoms with Crippen molar-refractivity contribution in [2.24, 2.45) is 0 Å². The maximum atomic E-state index is 12.1. The predicted octanol–water partition coefficient (Wildman–Crippen LogP) is 2.25. The Morgan fingerprint density at radius 1 is 1.36 bits per heavy atom. The molecule has 1 aliphatic rings. The second kappa shape index (κ2) is 6.61. The van der Waals surface area contributed by atoms with E-state index < -0.39 is 31.5 Å². The number of piperidine rings is 1. The van der Waals surface area contributed by atoms with E-state index >= 15 is 0 Å². The summed E-state index contributed by atoms with van der Waals surface area (Å²) in [6.45, 7) is 12.5. The van der Waals surface area contributed by atoms with E-state index in [1.807, 2.05) is 20.8 Å². The number of hydrogen-bond donors (Lipinski definition) is 1. The Labute approximate surface area is 135 Å². The smallest absolute Gasteiger partial charge is 0.410 e. The number of aliphatic hydroxyl groups excluding tert-OH is 1. The molecule has 2 atom stereocenters. The summed E-state index contributed by atoms with van der Waals surface area (Å²) in [5.41, 5.74) is 1.83. The van der Waals surface area contributed by atoms with E-state index in [2.05, 4.69) is 31.1 Å². The predicted molar refractivity (Wildman–Crippen MR) is 89.3 cm³/mol. The Bertz CT molecular complexity index is 469. The van der Waals surface area contributed by atoms with Crippen LogP contribution in [-0.2, 0) is 9.47 Å². The van der Waals surface area contributed by atoms with Crippen LogP contribution in [0.5, 0.6) is 0 Å². The largest absolute Gasteiger partial charge is 0.444 e. The molecule has 0 aromatic rings. The first-order valence-electron chi connectivity index (χ1n) is 7.64. The molecule has 22 heavy (non-hydrogen) atoms. The van der Waals surface area contributed by atoms with Crippen molar-refractivity contribution in [1.29, 1.82) is 0 Å². The number of rotatable bonds is 1. The van der Waals surface area contributed by atoms with Crippen LogP contribution in [-0.4, -0.2) is 61.7 Å². The Kier molecular flexibility index (Phi) is 5.71. The van der Waals surface area contributed by atoms with Crippen molar-refractivity contribution in [2.45, 2.75) is 64.1 Å². The van der Waals surface area contributed by atoms with Gasteiger partial charge in [0.05, 0.1) is 6.54 Å². The van der Waals surface area contributed by atoms with E-state index in [1.54, 1.807) is 7.11 Å². The van der Waals surface area contributed by atoms with Gasteiger partial charge in [-0.1, -0.05) is 25.6 Å². The Morgan fingerprint density at radius 3 is 2.36 bits per heavy atom. The number of aliphatic hydroxyl groups is 1. The van der Waals surface area contributed by atoms with Gasteiger partial charge < -0.3 is 19.5 Å². The topological polar surface area (TPSA) is 59.0 Å². The molecule has 1 rings (SSSR count). The molecule has 0 saturated carbocycles. The number of ether oxygens (including phenoxy) is 2. The van der Waals surface area contributed by atoms with Gasteiger partial charge in [0, 0.05) is 20.1 Å². The van der Waals surface area contributed by atoms with E-state index in [1.165, 1.54) is 4.90 Å². The normalized spacial score (nSPS) is 26.2. The van der Waals surface area contributed by atoms with Crippen LogP contribution in [0.2, 0.25) is 19.6 Å². The monoisotopic (exact) mass is 327 g/mol. The number of nitrogens with zero attached hydrogens (tertiary/aromatic N) is 1. The van der Waals surface area contributed by atoms with Crippen LogP contribution in [0, 0.1) is 11.5 Å². The van der Waals surface area contributed by atoms with Crippen molar-refractivity contribution in [2.75, 3.05) is 20.2 Å². The molecule has 0 aliphatic carbocycles. The van der Waals surface area contributed by atoms with Gasteiger partial charge in [-0.2, -0.15) is 0 Å². The second-order valence-electron chi connectivity index (χ2n) is 7.79. The summed E-state index contributed by atoms with van der Waals surface area (Å²) in [7, 11) is -0.00132. The zero-order chi connectivity index (χ0) is 17.2. The van der Waals surface area contributed by atoms with Crippen LogP contribution in [0.3, 0.4) is 0 Å². The van der Waals surface area contributed by atoms with Crippen LogP contribution < -0.4 is 0 Å². The number of likely N-dealkylation sites (tertiary alicyclic amines) is 1. The number of carbonyl (C=O) groups excluding carboxylic acids is 1. The van der Waals surface area contributed by atoms with Gasteiger partial charge in [-0.15, -0.1) is 5.54 Å². The number of β-amino-alcohol motifs (C(OH)–C–C–N with tert-alkyl or cyclic N) is 1. The average molecular weight is 327 g/mol. The van der Waals surface area contributed by atoms with Gasteiger partial charge in [0.25, 0.3) is 0 Å². The van der Waals surface area contributed by atoms with Crippen LogP contribution in [0.25, 0.3) is 0 Å². The number of hydrogen-bond acceptors (Lipinski definition) is 4. The van der Waals surface area contributed by atoms with Crippen molar-refractivity contribution in [3.05, 3.63) is 0 Å². The Balaban J connectivity index is 2.83. The fourth-order valence-electron chi connectivity index (χ4n) is 2.14. The molecule has 1 amide bonds. The summed E-state index contributed by atoms with van der Waals surface area (Å²) in [6, 6.07) is 0. The molecule has 0 bridgehead atoms. The van der Waals surface area contributed by atoms with Crippen molar-refractivity contribution < 1.29 is 19.4 Å². The molecule has 0 aromatic heterocycles. The Hall–Kier alpha value is -1.03. The SMILES string of the molecule is CO[C@]1(C#C[Si](C)(C)C)CCN(C(=O)OC(C)(C)C)C[C@H]1O. The van der Waals surface area contributed by atoms with E-state index in [0.29, 0.717) is 13.0 Å². The van der Waals surface area contributed by atoms with Crippen LogP contribution in [0.4, 0.5) is 4.79 Å². The molecule has 0 spiro atoms. The molecule has 0 unspecified atom stereocenters. The van der Waals surface area contributed by atoms with Crippen LogP contribution in [0.15, 0.2) is 0 Å². The van der Waals surface area contributed by atoms with Crippen molar-refractivity contribution in [1.82, 2.24) is 4.90 Å². The third-order valence-corrected chi connectivity index (χ3v) is 4.22. The second-order valence-corrected chi connectivity index (χ2v) is 12.5. The molecular formula is C16H29NO4Si. The third kappa shape index (κ3) is 5.31. The van der Waals surface area contributed by atoms with Gasteiger partial charge in [-0.25, -0.2) is 4.79 Å². The van der Waals surface area contributed by atoms with Crippen molar-refractivity contribution in [3.8, 4) is 11.5 Å². The molecule has 1 saturated heterocycles. The van der Waals surface area contributed by atoms with Crippen molar-refractivity contribution in [3.63, 3.8) is 0 Å². The summed E-state index contributed by atoms with van der Waals surface area (Å²) < 4.78 is 10.9. The van der Waals surface area contributed by atoms with Gasteiger partial charge >= 0.3 is 6.09 Å². The van der Waals surface area contributed by atoms with Gasteiger partial charge in [0.15, 0.2) is 5.60 Å². The first kappa shape index (κ1) is 19.0. The molecule has 1 fully saturated rings. The lowest BCUT2D eigenvalue weighted by atomic mass is 9.89. The quantitative estimate of drug-likeness (QED) is 0.593. The lowest BCUT2D eigenvalue weighted by molar-refractivity contribution is -0.104. The van der Waals surface area contributed by atoms with E-state index in [9.17, 15) is 9.90 Å². The summed E-state index contributed by atoms with van der Waals surface area (Å²) in [5, 5.41) is 10.5. The molecule has 5 nitrogen and oxygen atoms in total. The summed E-state index contributed by atoms with van der Waals surface area (Å²) in [6.07, 6.45) is -0.779. The minimum absolute atomic E-state index is 0.170. The molecule has 1 N–H and O–H groups in total. The molecule has 0 aromatic carbocycles. The minimum Gasteiger partial charge on any atom is -0.444 e. The highest BCUT2D eigenvalue weighted by Crippen LogP contribution is 2.27. The summed E-state index contributed by atoms with van der Waals surface area (Å²) in [5.74, 6) is 3.14. The van der Waals surface area contributed by atoms with Gasteiger partial charge in [0.2, 0.25) is 0 Å². The first-order valence-corrected chi connectivity index (χ1v) is 11.1. The average Bonchev–Trinajstić information content (AvgIpc) is 2.34. The van der Waals surface area contributed by atoms with Crippen molar-refractivity contribution >= 4 is 14.2 Å². The molecule has 6 heteroatoms. The highest BCUT2D eigenvalue weighted by atomic mass is 28.3. The molecule has 0 radical (unpaired) electrons. The van der Waals surface area contributed by atoms with Crippen LogP contribution in [0.1, 0.15) is 27.2 Å². The highest BCUT2D eigenvalue weighted by molar-refractivity contribution is 6.83. The fraction of sp³-hybridized carbons (Fsp3) is 0.812. The number of carbonyl (C=O) groups is 1. The minimum atomic E-state index is -1.56. The van der Waals surface area contributed by atoms with Crippen LogP contribution >= 0.6 is 0 Å². The first-order chi connectivity index (χ1) is 9.88. The fourth-order valence-corrected chi connectivity index (χ4v) is 2.72. The van der Waals surface area contributed by atoms with Gasteiger partial charge in [-0.3, -0.25) is 0 Å². The number of amides is 1. The summed E-state index contributed by atoms with van der Waals surface area (Å²) >= 11 is 0.